The fourth-order valence-electron chi connectivity index (χ4n) is 1.91. The number of aliphatic imine (C=N–C) groups is 2. The van der Waals surface area contributed by atoms with Gasteiger partial charge in [0.05, 0.1) is 0 Å². The molecule has 2 rings (SSSR count). The zero-order valence-electron chi connectivity index (χ0n) is 13.0. The molecule has 116 valence electrons. The fraction of sp³-hybridized carbons (Fsp3) is 0.312. The number of hydrogen-bond donors (Lipinski definition) is 2. The molecule has 0 amide bonds. The van der Waals surface area contributed by atoms with Crippen LogP contribution in [-0.4, -0.2) is 17.7 Å². The van der Waals surface area contributed by atoms with E-state index in [1.807, 2.05) is 13.0 Å². The van der Waals surface area contributed by atoms with Crippen molar-refractivity contribution < 1.29 is 4.74 Å². The Labute approximate surface area is 130 Å². The lowest BCUT2D eigenvalue weighted by atomic mass is 10.1. The number of guanidine groups is 1. The lowest BCUT2D eigenvalue weighted by molar-refractivity contribution is 0.417. The van der Waals surface area contributed by atoms with E-state index in [0.717, 1.165) is 16.8 Å². The zero-order valence-corrected chi connectivity index (χ0v) is 13.0. The summed E-state index contributed by atoms with van der Waals surface area (Å²) in [5.41, 5.74) is 14.1. The third kappa shape index (κ3) is 3.72. The number of nitrogens with two attached hydrogens (primary N) is 2. The fourth-order valence-corrected chi connectivity index (χ4v) is 1.91. The van der Waals surface area contributed by atoms with Gasteiger partial charge in [0.25, 0.3) is 0 Å². The van der Waals surface area contributed by atoms with Crippen LogP contribution in [0.3, 0.4) is 0 Å². The van der Waals surface area contributed by atoms with Crippen LogP contribution in [0.1, 0.15) is 43.9 Å². The molecule has 0 spiro atoms. The molecule has 4 N–H and O–H groups in total. The minimum atomic E-state index is -0.00558. The van der Waals surface area contributed by atoms with Crippen LogP contribution >= 0.6 is 0 Å². The van der Waals surface area contributed by atoms with Gasteiger partial charge in [-0.25, -0.2) is 4.99 Å². The SMILES string of the molecule is C=NC(N)=N/C(N)=C(\C)Oc1cc(C2CC2)ncc1C(=C)C. The van der Waals surface area contributed by atoms with Crippen LogP contribution in [0.5, 0.6) is 5.75 Å². The highest BCUT2D eigenvalue weighted by atomic mass is 16.5. The number of pyridine rings is 1. The van der Waals surface area contributed by atoms with Crippen LogP contribution in [0.4, 0.5) is 0 Å². The molecule has 1 heterocycles. The second-order valence-electron chi connectivity index (χ2n) is 5.33. The molecule has 1 aliphatic carbocycles. The highest BCUT2D eigenvalue weighted by Crippen LogP contribution is 2.41. The summed E-state index contributed by atoms with van der Waals surface area (Å²) in [5.74, 6) is 1.78. The Morgan fingerprint density at radius 1 is 1.36 bits per heavy atom. The molecule has 0 aromatic carbocycles. The Bertz CT molecular complexity index is 671. The molecular formula is C16H21N5O. The highest BCUT2D eigenvalue weighted by Gasteiger charge is 2.26. The standard InChI is InChI=1S/C16H21N5O/c1-9(2)12-8-20-13(11-5-6-11)7-14(12)22-10(3)15(17)21-16(18)19-4/h7-8,11H,1,4-6,17H2,2-3H3,(H2,18,21)/b15-10+. The van der Waals surface area contributed by atoms with Crippen LogP contribution in [0.15, 0.2) is 40.4 Å². The third-order valence-corrected chi connectivity index (χ3v) is 3.36. The van der Waals surface area contributed by atoms with Crippen molar-refractivity contribution >= 4 is 18.3 Å². The lowest BCUT2D eigenvalue weighted by Crippen LogP contribution is -2.12. The maximum atomic E-state index is 5.86. The van der Waals surface area contributed by atoms with Crippen molar-refractivity contribution in [3.8, 4) is 5.75 Å². The van der Waals surface area contributed by atoms with Crippen molar-refractivity contribution in [1.29, 1.82) is 0 Å². The number of ether oxygens (including phenoxy) is 1. The van der Waals surface area contributed by atoms with E-state index >= 15 is 0 Å². The van der Waals surface area contributed by atoms with E-state index in [9.17, 15) is 0 Å². The minimum Gasteiger partial charge on any atom is -0.457 e. The normalized spacial score (nSPS) is 16.0. The number of allylic oxidation sites excluding steroid dienone is 2. The Hall–Kier alpha value is -2.63. The molecule has 0 radical (unpaired) electrons. The van der Waals surface area contributed by atoms with Gasteiger partial charge in [-0.1, -0.05) is 6.58 Å². The van der Waals surface area contributed by atoms with Crippen LogP contribution in [0, 0.1) is 0 Å². The third-order valence-electron chi connectivity index (χ3n) is 3.36. The highest BCUT2D eigenvalue weighted by molar-refractivity contribution is 5.83. The maximum Gasteiger partial charge on any atom is 0.221 e. The first-order chi connectivity index (χ1) is 10.4. The van der Waals surface area contributed by atoms with E-state index in [2.05, 4.69) is 28.3 Å². The smallest absolute Gasteiger partial charge is 0.221 e. The van der Waals surface area contributed by atoms with Crippen molar-refractivity contribution in [3.05, 3.63) is 41.7 Å². The molecular weight excluding hydrogens is 278 g/mol. The number of hydrogen-bond acceptors (Lipinski definition) is 4. The van der Waals surface area contributed by atoms with Crippen LogP contribution in [-0.2, 0) is 0 Å². The van der Waals surface area contributed by atoms with Gasteiger partial charge in [0, 0.05) is 29.4 Å². The second-order valence-corrected chi connectivity index (χ2v) is 5.33. The Balaban J connectivity index is 2.34. The number of nitrogens with zero attached hydrogens (tertiary/aromatic N) is 3. The molecule has 1 saturated carbocycles. The van der Waals surface area contributed by atoms with Gasteiger partial charge in [0.15, 0.2) is 5.82 Å². The Morgan fingerprint density at radius 3 is 2.59 bits per heavy atom. The summed E-state index contributed by atoms with van der Waals surface area (Å²) in [6, 6.07) is 1.94. The Kier molecular flexibility index (Phi) is 4.60. The molecule has 6 nitrogen and oxygen atoms in total. The summed E-state index contributed by atoms with van der Waals surface area (Å²) >= 11 is 0. The summed E-state index contributed by atoms with van der Waals surface area (Å²) in [6.45, 7) is 10.9. The van der Waals surface area contributed by atoms with E-state index < -0.39 is 0 Å². The van der Waals surface area contributed by atoms with Crippen molar-refractivity contribution in [1.82, 2.24) is 4.98 Å². The van der Waals surface area contributed by atoms with Gasteiger partial charge in [-0.15, -0.1) is 0 Å². The summed E-state index contributed by atoms with van der Waals surface area (Å²) in [7, 11) is 0. The summed E-state index contributed by atoms with van der Waals surface area (Å²) in [6.07, 6.45) is 4.13. The number of rotatable bonds is 5. The lowest BCUT2D eigenvalue weighted by Gasteiger charge is -2.13. The first-order valence-electron chi connectivity index (χ1n) is 7.03. The van der Waals surface area contributed by atoms with Gasteiger partial charge < -0.3 is 16.2 Å². The summed E-state index contributed by atoms with van der Waals surface area (Å²) in [5, 5.41) is 0. The average molecular weight is 299 g/mol. The summed E-state index contributed by atoms with van der Waals surface area (Å²) < 4.78 is 5.86. The van der Waals surface area contributed by atoms with Crippen molar-refractivity contribution in [2.24, 2.45) is 21.5 Å². The van der Waals surface area contributed by atoms with E-state index in [0.29, 0.717) is 17.4 Å². The van der Waals surface area contributed by atoms with E-state index in [1.165, 1.54) is 12.8 Å². The molecule has 0 atom stereocenters. The van der Waals surface area contributed by atoms with Crippen LogP contribution in [0.25, 0.3) is 5.57 Å². The predicted molar refractivity (Wildman–Crippen MR) is 89.6 cm³/mol. The monoisotopic (exact) mass is 299 g/mol. The summed E-state index contributed by atoms with van der Waals surface area (Å²) in [4.78, 5) is 11.9. The van der Waals surface area contributed by atoms with Gasteiger partial charge in [-0.3, -0.25) is 4.98 Å². The largest absolute Gasteiger partial charge is 0.457 e. The first-order valence-corrected chi connectivity index (χ1v) is 7.03. The molecule has 0 aliphatic heterocycles. The second kappa shape index (κ2) is 6.43. The molecule has 1 aliphatic rings. The molecule has 0 bridgehead atoms. The average Bonchev–Trinajstić information content (AvgIpc) is 3.31. The van der Waals surface area contributed by atoms with E-state index in [-0.39, 0.29) is 11.8 Å². The van der Waals surface area contributed by atoms with Crippen LogP contribution in [0.2, 0.25) is 0 Å². The van der Waals surface area contributed by atoms with Gasteiger partial charge in [0.2, 0.25) is 5.96 Å². The van der Waals surface area contributed by atoms with Gasteiger partial charge in [0.1, 0.15) is 11.5 Å². The van der Waals surface area contributed by atoms with E-state index in [1.54, 1.807) is 13.1 Å². The maximum absolute atomic E-state index is 5.86. The molecule has 0 unspecified atom stereocenters. The predicted octanol–water partition coefficient (Wildman–Crippen LogP) is 2.53. The van der Waals surface area contributed by atoms with Gasteiger partial charge in [-0.05, 0) is 39.0 Å². The molecule has 22 heavy (non-hydrogen) atoms. The molecule has 6 heteroatoms. The van der Waals surface area contributed by atoms with Gasteiger partial charge in [-0.2, -0.15) is 4.99 Å². The topological polar surface area (TPSA) is 98.9 Å². The quantitative estimate of drug-likeness (QED) is 0.496. The molecule has 1 fully saturated rings. The molecule has 1 aromatic heterocycles. The van der Waals surface area contributed by atoms with Crippen molar-refractivity contribution in [2.75, 3.05) is 0 Å². The van der Waals surface area contributed by atoms with Gasteiger partial charge >= 0.3 is 0 Å². The van der Waals surface area contributed by atoms with Crippen LogP contribution < -0.4 is 16.2 Å². The van der Waals surface area contributed by atoms with Crippen molar-refractivity contribution in [3.63, 3.8) is 0 Å². The zero-order chi connectivity index (χ0) is 16.3. The minimum absolute atomic E-state index is 0.00558. The first kappa shape index (κ1) is 15.8. The molecule has 0 saturated heterocycles. The molecule has 1 aromatic rings. The number of aromatic nitrogens is 1. The van der Waals surface area contributed by atoms with E-state index in [4.69, 9.17) is 16.2 Å². The Morgan fingerprint density at radius 2 is 2.05 bits per heavy atom. The van der Waals surface area contributed by atoms with Crippen molar-refractivity contribution in [2.45, 2.75) is 32.6 Å².